The number of thiophene rings is 1. The second-order valence-corrected chi connectivity index (χ2v) is 8.63. The highest BCUT2D eigenvalue weighted by molar-refractivity contribution is 7.17. The number of halogens is 3. The molecule has 170 valence electrons. The maximum absolute atomic E-state index is 13.1. The first-order chi connectivity index (χ1) is 15.2. The lowest BCUT2D eigenvalue weighted by Crippen LogP contribution is -2.25. The number of alkyl halides is 3. The predicted molar refractivity (Wildman–Crippen MR) is 112 cm³/mol. The van der Waals surface area contributed by atoms with Crippen LogP contribution in [0.3, 0.4) is 0 Å². The molecule has 2 amide bonds. The summed E-state index contributed by atoms with van der Waals surface area (Å²) >= 11 is 1.30. The molecule has 3 heterocycles. The molecule has 11 heteroatoms. The van der Waals surface area contributed by atoms with Gasteiger partial charge in [-0.15, -0.1) is 11.3 Å². The number of carbonyl (C=O) groups is 2. The van der Waals surface area contributed by atoms with Crippen molar-refractivity contribution in [2.45, 2.75) is 44.8 Å². The lowest BCUT2D eigenvalue weighted by Gasteiger charge is -2.09. The molecule has 32 heavy (non-hydrogen) atoms. The smallest absolute Gasteiger partial charge is 0.435 e. The van der Waals surface area contributed by atoms with E-state index in [1.807, 2.05) is 0 Å². The second-order valence-electron chi connectivity index (χ2n) is 7.52. The van der Waals surface area contributed by atoms with Crippen molar-refractivity contribution in [3.05, 3.63) is 57.6 Å². The van der Waals surface area contributed by atoms with Gasteiger partial charge in [-0.1, -0.05) is 6.42 Å². The van der Waals surface area contributed by atoms with Gasteiger partial charge in [-0.3, -0.25) is 14.3 Å². The molecule has 0 unspecified atom stereocenters. The number of amides is 2. The van der Waals surface area contributed by atoms with Gasteiger partial charge in [-0.2, -0.15) is 18.3 Å². The lowest BCUT2D eigenvalue weighted by molar-refractivity contribution is -0.141. The average molecular weight is 466 g/mol. The molecule has 3 aromatic rings. The first kappa shape index (κ1) is 22.1. The minimum Gasteiger partial charge on any atom is -0.467 e. The molecule has 0 saturated heterocycles. The molecular weight excluding hydrogens is 445 g/mol. The van der Waals surface area contributed by atoms with Gasteiger partial charge in [0.1, 0.15) is 16.5 Å². The zero-order chi connectivity index (χ0) is 22.9. The molecule has 0 fully saturated rings. The summed E-state index contributed by atoms with van der Waals surface area (Å²) in [7, 11) is 1.27. The van der Waals surface area contributed by atoms with Crippen molar-refractivity contribution in [3.63, 3.8) is 0 Å². The van der Waals surface area contributed by atoms with Crippen LogP contribution in [0.2, 0.25) is 0 Å². The average Bonchev–Trinajstić information content (AvgIpc) is 3.42. The minimum absolute atomic E-state index is 0.181. The summed E-state index contributed by atoms with van der Waals surface area (Å²) in [5.74, 6) is -0.538. The van der Waals surface area contributed by atoms with Crippen LogP contribution in [0, 0.1) is 0 Å². The highest BCUT2D eigenvalue weighted by Crippen LogP contribution is 2.38. The predicted octanol–water partition coefficient (Wildman–Crippen LogP) is 4.54. The van der Waals surface area contributed by atoms with Gasteiger partial charge in [0, 0.05) is 18.0 Å². The highest BCUT2D eigenvalue weighted by atomic mass is 32.1. The Kier molecular flexibility index (Phi) is 6.09. The Morgan fingerprint density at radius 2 is 2.00 bits per heavy atom. The van der Waals surface area contributed by atoms with Crippen molar-refractivity contribution in [1.82, 2.24) is 15.1 Å². The molecule has 2 N–H and O–H groups in total. The number of nitrogens with one attached hydrogen (secondary N) is 2. The van der Waals surface area contributed by atoms with Crippen LogP contribution in [0.4, 0.5) is 18.2 Å². The van der Waals surface area contributed by atoms with Crippen LogP contribution in [0.25, 0.3) is 0 Å². The monoisotopic (exact) mass is 466 g/mol. The Morgan fingerprint density at radius 1 is 1.22 bits per heavy atom. The van der Waals surface area contributed by atoms with Crippen LogP contribution in [0.1, 0.15) is 62.0 Å². The van der Waals surface area contributed by atoms with Gasteiger partial charge in [0.25, 0.3) is 11.8 Å². The number of rotatable bonds is 5. The van der Waals surface area contributed by atoms with Crippen LogP contribution in [0.15, 0.2) is 28.9 Å². The van der Waals surface area contributed by atoms with E-state index in [1.54, 1.807) is 12.1 Å². The molecule has 0 radical (unpaired) electrons. The number of aryl methyl sites for hydroxylation is 2. The molecule has 1 aliphatic carbocycles. The lowest BCUT2D eigenvalue weighted by atomic mass is 10.0. The van der Waals surface area contributed by atoms with E-state index in [1.165, 1.54) is 24.6 Å². The van der Waals surface area contributed by atoms with Crippen molar-refractivity contribution >= 4 is 28.2 Å². The standard InChI is InChI=1S/C21H21F3N4O3S/c1-28-14(10-16(27-28)21(22,23)24)18(29)26-20-17(13-7-3-2-4-8-15(13)32-20)19(30)25-11-12-6-5-9-31-12/h5-6,9-10H,2-4,7-8,11H2,1H3,(H,25,30)(H,26,29). The van der Waals surface area contributed by atoms with Gasteiger partial charge in [-0.05, 0) is 43.4 Å². The number of hydrogen-bond acceptors (Lipinski definition) is 5. The number of fused-ring (bicyclic) bond motifs is 1. The molecule has 0 atom stereocenters. The Morgan fingerprint density at radius 3 is 2.69 bits per heavy atom. The molecule has 3 aromatic heterocycles. The van der Waals surface area contributed by atoms with E-state index in [9.17, 15) is 22.8 Å². The number of furan rings is 1. The summed E-state index contributed by atoms with van der Waals surface area (Å²) in [4.78, 5) is 26.9. The van der Waals surface area contributed by atoms with Gasteiger partial charge in [0.2, 0.25) is 0 Å². The second kappa shape index (κ2) is 8.81. The SMILES string of the molecule is Cn1nc(C(F)(F)F)cc1C(=O)Nc1sc2c(c1C(=O)NCc1ccco1)CCCCC2. The number of nitrogens with zero attached hydrogens (tertiary/aromatic N) is 2. The highest BCUT2D eigenvalue weighted by Gasteiger charge is 2.36. The summed E-state index contributed by atoms with van der Waals surface area (Å²) < 4.78 is 45.0. The van der Waals surface area contributed by atoms with E-state index in [-0.39, 0.29) is 18.1 Å². The zero-order valence-corrected chi connectivity index (χ0v) is 18.0. The van der Waals surface area contributed by atoms with Gasteiger partial charge >= 0.3 is 6.18 Å². The normalized spacial score (nSPS) is 14.0. The molecule has 7 nitrogen and oxygen atoms in total. The van der Waals surface area contributed by atoms with Crippen LogP contribution in [-0.2, 0) is 32.6 Å². The third kappa shape index (κ3) is 4.57. The summed E-state index contributed by atoms with van der Waals surface area (Å²) in [5.41, 5.74) is -0.142. The molecule has 4 rings (SSSR count). The Bertz CT molecular complexity index is 1130. The maximum atomic E-state index is 13.1. The van der Waals surface area contributed by atoms with Gasteiger partial charge in [0.05, 0.1) is 18.4 Å². The third-order valence-electron chi connectivity index (χ3n) is 5.28. The summed E-state index contributed by atoms with van der Waals surface area (Å²) in [5, 5.41) is 9.16. The molecule has 0 saturated carbocycles. The van der Waals surface area contributed by atoms with Crippen molar-refractivity contribution in [2.75, 3.05) is 5.32 Å². The van der Waals surface area contributed by atoms with E-state index in [4.69, 9.17) is 4.42 Å². The summed E-state index contributed by atoms with van der Waals surface area (Å²) in [6, 6.07) is 4.15. The molecule has 0 aromatic carbocycles. The quantitative estimate of drug-likeness (QED) is 0.540. The fraction of sp³-hybridized carbons (Fsp3) is 0.381. The minimum atomic E-state index is -4.66. The van der Waals surface area contributed by atoms with Crippen molar-refractivity contribution in [1.29, 1.82) is 0 Å². The number of anilines is 1. The maximum Gasteiger partial charge on any atom is 0.435 e. The van der Waals surface area contributed by atoms with Crippen molar-refractivity contribution in [3.8, 4) is 0 Å². The number of hydrogen-bond donors (Lipinski definition) is 2. The van der Waals surface area contributed by atoms with Gasteiger partial charge in [0.15, 0.2) is 5.69 Å². The Hall–Kier alpha value is -3.08. The third-order valence-corrected chi connectivity index (χ3v) is 6.49. The Labute approximate surface area is 185 Å². The molecule has 0 bridgehead atoms. The fourth-order valence-electron chi connectivity index (χ4n) is 3.73. The molecule has 0 aliphatic heterocycles. The van der Waals surface area contributed by atoms with Crippen LogP contribution in [0.5, 0.6) is 0 Å². The van der Waals surface area contributed by atoms with Crippen LogP contribution >= 0.6 is 11.3 Å². The largest absolute Gasteiger partial charge is 0.467 e. The number of aromatic nitrogens is 2. The fourth-order valence-corrected chi connectivity index (χ4v) is 5.01. The van der Waals surface area contributed by atoms with E-state index in [2.05, 4.69) is 15.7 Å². The van der Waals surface area contributed by atoms with E-state index in [0.29, 0.717) is 28.8 Å². The van der Waals surface area contributed by atoms with Gasteiger partial charge < -0.3 is 15.1 Å². The summed E-state index contributed by atoms with van der Waals surface area (Å²) in [6.45, 7) is 0.181. The molecular formula is C21H21F3N4O3S. The first-order valence-electron chi connectivity index (χ1n) is 10.1. The molecule has 0 spiro atoms. The Balaban J connectivity index is 1.62. The first-order valence-corrected chi connectivity index (χ1v) is 10.9. The summed E-state index contributed by atoms with van der Waals surface area (Å²) in [6.07, 6.45) is 1.29. The van der Waals surface area contributed by atoms with E-state index < -0.39 is 17.8 Å². The number of carbonyl (C=O) groups excluding carboxylic acids is 2. The topological polar surface area (TPSA) is 89.2 Å². The zero-order valence-electron chi connectivity index (χ0n) is 17.2. The van der Waals surface area contributed by atoms with E-state index >= 15 is 0 Å². The van der Waals surface area contributed by atoms with Gasteiger partial charge in [-0.25, -0.2) is 0 Å². The van der Waals surface area contributed by atoms with Crippen LogP contribution < -0.4 is 10.6 Å². The van der Waals surface area contributed by atoms with Crippen LogP contribution in [-0.4, -0.2) is 21.6 Å². The van der Waals surface area contributed by atoms with Crippen molar-refractivity contribution < 1.29 is 27.2 Å². The molecule has 1 aliphatic rings. The van der Waals surface area contributed by atoms with E-state index in [0.717, 1.165) is 40.8 Å². The van der Waals surface area contributed by atoms with Crippen molar-refractivity contribution in [2.24, 2.45) is 7.05 Å².